The lowest BCUT2D eigenvalue weighted by Gasteiger charge is -2.15. The summed E-state index contributed by atoms with van der Waals surface area (Å²) in [7, 11) is -0.0582. The van der Waals surface area contributed by atoms with Gasteiger partial charge in [0.05, 0.1) is 5.92 Å². The molecule has 19 heavy (non-hydrogen) atoms. The monoisotopic (exact) mass is 258 g/mol. The quantitative estimate of drug-likeness (QED) is 0.562. The van der Waals surface area contributed by atoms with Gasteiger partial charge in [0.25, 0.3) is 0 Å². The Balaban J connectivity index is 2.42. The minimum atomic E-state index is -0.0582. The Kier molecular flexibility index (Phi) is 4.13. The van der Waals surface area contributed by atoms with Crippen LogP contribution >= 0.6 is 0 Å². The molecule has 1 aliphatic carbocycles. The van der Waals surface area contributed by atoms with Crippen LogP contribution in [-0.4, -0.2) is 14.3 Å². The van der Waals surface area contributed by atoms with Crippen molar-refractivity contribution < 1.29 is 0 Å². The highest BCUT2D eigenvalue weighted by Crippen LogP contribution is 2.13. The van der Waals surface area contributed by atoms with Crippen LogP contribution in [0.15, 0.2) is 54.6 Å². The van der Waals surface area contributed by atoms with Gasteiger partial charge in [-0.2, -0.15) is 0 Å². The molecule has 2 rings (SSSR count). The summed E-state index contributed by atoms with van der Waals surface area (Å²) in [5.41, 5.74) is 2.06. The smallest absolute Gasteiger partial charge is 0.0603 e. The van der Waals surface area contributed by atoms with E-state index in [1.165, 1.54) is 10.4 Å². The summed E-state index contributed by atoms with van der Waals surface area (Å²) < 4.78 is 0. The minimum absolute atomic E-state index is 0.0325. The van der Waals surface area contributed by atoms with Crippen molar-refractivity contribution in [2.75, 3.05) is 0 Å². The van der Waals surface area contributed by atoms with E-state index in [-0.39, 0.29) is 15.0 Å². The van der Waals surface area contributed by atoms with Gasteiger partial charge in [0.1, 0.15) is 0 Å². The normalized spacial score (nSPS) is 19.4. The summed E-state index contributed by atoms with van der Waals surface area (Å²) in [6.45, 7) is 3.76. The van der Waals surface area contributed by atoms with Gasteiger partial charge in [0, 0.05) is 14.7 Å². The standard InChI is InChI=1S/C18H14Si/c1-4-14-10-12-17(13-11-14)19-18-15(5-2)8-7-9-16(18)6-3/h2-4,7-13,15,19H,1H2. The second-order valence-corrected chi connectivity index (χ2v) is 5.80. The zero-order chi connectivity index (χ0) is 13.7. The molecule has 1 unspecified atom stereocenters. The maximum Gasteiger partial charge on any atom is 0.0603 e. The number of allylic oxidation sites excluding steroid dienone is 4. The number of hydrogen-bond donors (Lipinski definition) is 0. The lowest BCUT2D eigenvalue weighted by Crippen LogP contribution is -2.24. The molecule has 0 fully saturated rings. The van der Waals surface area contributed by atoms with E-state index in [4.69, 9.17) is 12.8 Å². The van der Waals surface area contributed by atoms with Crippen molar-refractivity contribution in [2.45, 2.75) is 0 Å². The van der Waals surface area contributed by atoms with Crippen molar-refractivity contribution in [3.63, 3.8) is 0 Å². The van der Waals surface area contributed by atoms with Crippen LogP contribution in [0.5, 0.6) is 0 Å². The fourth-order valence-corrected chi connectivity index (χ4v) is 3.45. The van der Waals surface area contributed by atoms with Gasteiger partial charge in [0.15, 0.2) is 0 Å². The number of rotatable bonds is 2. The van der Waals surface area contributed by atoms with Crippen molar-refractivity contribution in [3.8, 4) is 24.7 Å². The van der Waals surface area contributed by atoms with E-state index in [1.54, 1.807) is 0 Å². The van der Waals surface area contributed by atoms with Gasteiger partial charge in [-0.05, 0) is 22.0 Å². The Bertz CT molecular complexity index is 655. The second kappa shape index (κ2) is 6.00. The molecular formula is C18H14Si. The molecule has 1 aromatic carbocycles. The van der Waals surface area contributed by atoms with Crippen LogP contribution in [0.25, 0.3) is 6.08 Å². The third-order valence-electron chi connectivity index (χ3n) is 3.04. The average molecular weight is 258 g/mol. The van der Waals surface area contributed by atoms with Crippen LogP contribution in [0.3, 0.4) is 0 Å². The van der Waals surface area contributed by atoms with E-state index >= 15 is 0 Å². The zero-order valence-electron chi connectivity index (χ0n) is 10.6. The lowest BCUT2D eigenvalue weighted by molar-refractivity contribution is 1.20. The van der Waals surface area contributed by atoms with E-state index in [0.29, 0.717) is 0 Å². The lowest BCUT2D eigenvalue weighted by atomic mass is 9.95. The maximum atomic E-state index is 5.59. The number of benzene rings is 1. The third-order valence-corrected chi connectivity index (χ3v) is 4.74. The third kappa shape index (κ3) is 2.91. The highest BCUT2D eigenvalue weighted by molar-refractivity contribution is 6.70. The number of hydrogen-bond acceptors (Lipinski definition) is 0. The van der Waals surface area contributed by atoms with Crippen LogP contribution in [0.2, 0.25) is 0 Å². The van der Waals surface area contributed by atoms with Crippen molar-refractivity contribution >= 4 is 25.6 Å². The van der Waals surface area contributed by atoms with Gasteiger partial charge in [-0.25, -0.2) is 0 Å². The molecular weight excluding hydrogens is 244 g/mol. The first-order valence-electron chi connectivity index (χ1n) is 6.04. The molecule has 1 atom stereocenters. The predicted molar refractivity (Wildman–Crippen MR) is 86.7 cm³/mol. The average Bonchev–Trinajstić information content (AvgIpc) is 2.48. The van der Waals surface area contributed by atoms with Crippen molar-refractivity contribution in [1.29, 1.82) is 0 Å². The molecule has 0 radical (unpaired) electrons. The second-order valence-electron chi connectivity index (χ2n) is 4.22. The summed E-state index contributed by atoms with van der Waals surface area (Å²) in [5, 5.41) is 2.50. The minimum Gasteiger partial charge on any atom is -0.119 e. The van der Waals surface area contributed by atoms with Crippen LogP contribution in [0.1, 0.15) is 5.56 Å². The van der Waals surface area contributed by atoms with Crippen LogP contribution < -0.4 is 5.19 Å². The molecule has 0 saturated heterocycles. The largest absolute Gasteiger partial charge is 0.119 e. The molecule has 0 aliphatic heterocycles. The van der Waals surface area contributed by atoms with Gasteiger partial charge in [-0.3, -0.25) is 0 Å². The Morgan fingerprint density at radius 2 is 1.95 bits per heavy atom. The Morgan fingerprint density at radius 3 is 2.53 bits per heavy atom. The summed E-state index contributed by atoms with van der Waals surface area (Å²) >= 11 is 0. The summed E-state index contributed by atoms with van der Waals surface area (Å²) in [6, 6.07) is 8.39. The Hall–Kier alpha value is -2.35. The summed E-state index contributed by atoms with van der Waals surface area (Å²) in [6.07, 6.45) is 18.9. The molecule has 0 heterocycles. The van der Waals surface area contributed by atoms with Gasteiger partial charge in [-0.1, -0.05) is 60.9 Å². The molecule has 90 valence electrons. The molecule has 0 nitrogen and oxygen atoms in total. The van der Waals surface area contributed by atoms with Gasteiger partial charge >= 0.3 is 0 Å². The van der Waals surface area contributed by atoms with E-state index < -0.39 is 0 Å². The maximum absolute atomic E-state index is 5.59. The van der Waals surface area contributed by atoms with Crippen molar-refractivity contribution in [3.05, 3.63) is 60.2 Å². The molecule has 0 spiro atoms. The van der Waals surface area contributed by atoms with Crippen molar-refractivity contribution in [2.24, 2.45) is 5.92 Å². The molecule has 0 bridgehead atoms. The van der Waals surface area contributed by atoms with E-state index in [2.05, 4.69) is 42.7 Å². The van der Waals surface area contributed by atoms with Crippen molar-refractivity contribution in [1.82, 2.24) is 0 Å². The SMILES string of the molecule is C#CC1=CC=CC(C#C)C1=[SiH]c1ccc(C=C)cc1. The van der Waals surface area contributed by atoms with Gasteiger partial charge in [-0.15, -0.1) is 12.8 Å². The van der Waals surface area contributed by atoms with Gasteiger partial charge in [0.2, 0.25) is 0 Å². The molecule has 0 N–H and O–H groups in total. The number of terminal acetylenes is 2. The van der Waals surface area contributed by atoms with Gasteiger partial charge < -0.3 is 0 Å². The Labute approximate surface area is 117 Å². The molecule has 0 aromatic heterocycles. The first-order valence-corrected chi connectivity index (χ1v) is 7.19. The summed E-state index contributed by atoms with van der Waals surface area (Å²) in [5.74, 6) is 5.58. The zero-order valence-corrected chi connectivity index (χ0v) is 11.8. The van der Waals surface area contributed by atoms with E-state index in [1.807, 2.05) is 24.3 Å². The van der Waals surface area contributed by atoms with E-state index in [9.17, 15) is 0 Å². The first-order chi connectivity index (χ1) is 9.28. The fourth-order valence-electron chi connectivity index (χ4n) is 1.98. The van der Waals surface area contributed by atoms with E-state index in [0.717, 1.165) is 11.1 Å². The molecule has 1 aromatic rings. The molecule has 0 amide bonds. The highest BCUT2D eigenvalue weighted by Gasteiger charge is 2.14. The topological polar surface area (TPSA) is 0 Å². The predicted octanol–water partition coefficient (Wildman–Crippen LogP) is 1.94. The van der Waals surface area contributed by atoms with Crippen LogP contribution in [0.4, 0.5) is 0 Å². The summed E-state index contributed by atoms with van der Waals surface area (Å²) in [4.78, 5) is 0. The highest BCUT2D eigenvalue weighted by atomic mass is 28.2. The molecule has 0 saturated carbocycles. The fraction of sp³-hybridized carbons (Fsp3) is 0.0556. The molecule has 1 heteroatoms. The molecule has 1 aliphatic rings. The Morgan fingerprint density at radius 1 is 1.21 bits per heavy atom. The first kappa shape index (κ1) is 13.1. The van der Waals surface area contributed by atoms with Crippen LogP contribution in [0, 0.1) is 30.6 Å². The van der Waals surface area contributed by atoms with Crippen LogP contribution in [-0.2, 0) is 0 Å².